The van der Waals surface area contributed by atoms with Crippen molar-refractivity contribution >= 4 is 21.8 Å². The van der Waals surface area contributed by atoms with Crippen LogP contribution in [0, 0.1) is 5.92 Å². The predicted molar refractivity (Wildman–Crippen MR) is 80.2 cm³/mol. The molecule has 0 saturated carbocycles. The number of hydrogen-bond acceptors (Lipinski definition) is 2. The third-order valence-corrected chi connectivity index (χ3v) is 3.46. The van der Waals surface area contributed by atoms with Gasteiger partial charge in [0.05, 0.1) is 0 Å². The first-order valence-electron chi connectivity index (χ1n) is 6.83. The summed E-state index contributed by atoms with van der Waals surface area (Å²) in [6, 6.07) is 1.85. The number of aromatic nitrogens is 1. The van der Waals surface area contributed by atoms with Crippen molar-refractivity contribution in [2.24, 2.45) is 5.92 Å². The van der Waals surface area contributed by atoms with Gasteiger partial charge in [-0.25, -0.2) is 0 Å². The minimum Gasteiger partial charge on any atom is -0.396 e. The molecule has 1 unspecified atom stereocenters. The Balaban J connectivity index is 2.45. The first-order chi connectivity index (χ1) is 9.08. The molecule has 0 aliphatic carbocycles. The molecule has 1 aromatic rings. The van der Waals surface area contributed by atoms with E-state index in [4.69, 9.17) is 5.11 Å². The van der Waals surface area contributed by atoms with E-state index >= 15 is 0 Å². The monoisotopic (exact) mass is 330 g/mol. The van der Waals surface area contributed by atoms with E-state index in [1.165, 1.54) is 0 Å². The lowest BCUT2D eigenvalue weighted by molar-refractivity contribution is 0.0942. The number of halogens is 1. The van der Waals surface area contributed by atoms with Crippen molar-refractivity contribution < 1.29 is 9.90 Å². The number of carbonyl (C=O) groups excluding carboxylic acids is 1. The van der Waals surface area contributed by atoms with Crippen LogP contribution >= 0.6 is 15.9 Å². The Morgan fingerprint density at radius 2 is 2.32 bits per heavy atom. The fourth-order valence-electron chi connectivity index (χ4n) is 1.93. The molecular formula is C14H23BrN2O2. The van der Waals surface area contributed by atoms with Gasteiger partial charge in [-0.15, -0.1) is 0 Å². The van der Waals surface area contributed by atoms with Crippen molar-refractivity contribution in [1.82, 2.24) is 9.88 Å². The highest BCUT2D eigenvalue weighted by Crippen LogP contribution is 2.15. The van der Waals surface area contributed by atoms with Crippen LogP contribution in [0.5, 0.6) is 0 Å². The number of nitrogens with one attached hydrogen (secondary N) is 1. The maximum atomic E-state index is 12.1. The van der Waals surface area contributed by atoms with Crippen molar-refractivity contribution in [2.45, 2.75) is 39.7 Å². The van der Waals surface area contributed by atoms with Gasteiger partial charge in [0.2, 0.25) is 0 Å². The molecule has 0 aromatic carbocycles. The molecule has 0 spiro atoms. The Bertz CT molecular complexity index is 404. The molecule has 0 saturated heterocycles. The summed E-state index contributed by atoms with van der Waals surface area (Å²) in [5, 5.41) is 11.9. The van der Waals surface area contributed by atoms with E-state index in [0.29, 0.717) is 18.2 Å². The molecule has 19 heavy (non-hydrogen) atoms. The van der Waals surface area contributed by atoms with E-state index < -0.39 is 0 Å². The highest BCUT2D eigenvalue weighted by molar-refractivity contribution is 9.10. The number of aryl methyl sites for hydroxylation is 1. The van der Waals surface area contributed by atoms with E-state index in [0.717, 1.165) is 30.3 Å². The number of rotatable bonds is 8. The molecule has 0 aliphatic heterocycles. The van der Waals surface area contributed by atoms with Gasteiger partial charge in [0.25, 0.3) is 5.91 Å². The van der Waals surface area contributed by atoms with E-state index in [1.807, 2.05) is 23.8 Å². The van der Waals surface area contributed by atoms with Crippen molar-refractivity contribution in [2.75, 3.05) is 13.2 Å². The quantitative estimate of drug-likeness (QED) is 0.720. The molecule has 1 aromatic heterocycles. The number of hydrogen-bond donors (Lipinski definition) is 2. The van der Waals surface area contributed by atoms with Gasteiger partial charge in [-0.05, 0) is 47.2 Å². The lowest BCUT2D eigenvalue weighted by Gasteiger charge is -2.10. The van der Waals surface area contributed by atoms with E-state index in [1.54, 1.807) is 0 Å². The minimum absolute atomic E-state index is 0.0317. The summed E-state index contributed by atoms with van der Waals surface area (Å²) in [4.78, 5) is 12.1. The Hall–Kier alpha value is -0.810. The topological polar surface area (TPSA) is 54.3 Å². The lowest BCUT2D eigenvalue weighted by Crippen LogP contribution is -2.27. The van der Waals surface area contributed by atoms with Gasteiger partial charge in [-0.3, -0.25) is 4.79 Å². The fourth-order valence-corrected chi connectivity index (χ4v) is 2.39. The molecule has 108 valence electrons. The van der Waals surface area contributed by atoms with E-state index in [2.05, 4.69) is 28.2 Å². The van der Waals surface area contributed by atoms with E-state index in [9.17, 15) is 4.79 Å². The Labute approximate surface area is 123 Å². The molecule has 0 aliphatic rings. The second kappa shape index (κ2) is 8.38. The molecule has 5 heteroatoms. The first-order valence-corrected chi connectivity index (χ1v) is 7.62. The van der Waals surface area contributed by atoms with Gasteiger partial charge in [0, 0.05) is 30.4 Å². The lowest BCUT2D eigenvalue weighted by atomic mass is 10.1. The zero-order chi connectivity index (χ0) is 14.3. The second-order valence-corrected chi connectivity index (χ2v) is 5.84. The van der Waals surface area contributed by atoms with Gasteiger partial charge >= 0.3 is 0 Å². The molecule has 1 amide bonds. The van der Waals surface area contributed by atoms with Crippen LogP contribution in [-0.4, -0.2) is 28.7 Å². The summed E-state index contributed by atoms with van der Waals surface area (Å²) in [6.07, 6.45) is 4.75. The van der Waals surface area contributed by atoms with Crippen LogP contribution in [-0.2, 0) is 6.54 Å². The van der Waals surface area contributed by atoms with Crippen molar-refractivity contribution in [3.05, 3.63) is 22.4 Å². The number of aliphatic hydroxyl groups excluding tert-OH is 1. The van der Waals surface area contributed by atoms with Crippen molar-refractivity contribution in [1.29, 1.82) is 0 Å². The Morgan fingerprint density at radius 3 is 2.95 bits per heavy atom. The maximum absolute atomic E-state index is 12.1. The van der Waals surface area contributed by atoms with Crippen molar-refractivity contribution in [3.63, 3.8) is 0 Å². The van der Waals surface area contributed by atoms with Crippen LogP contribution in [0.4, 0.5) is 0 Å². The predicted octanol–water partition coefficient (Wildman–Crippen LogP) is 2.80. The first kappa shape index (κ1) is 16.2. The third-order valence-electron chi connectivity index (χ3n) is 3.03. The Morgan fingerprint density at radius 1 is 1.58 bits per heavy atom. The number of amides is 1. The summed E-state index contributed by atoms with van der Waals surface area (Å²) in [7, 11) is 0. The summed E-state index contributed by atoms with van der Waals surface area (Å²) < 4.78 is 2.90. The van der Waals surface area contributed by atoms with E-state index in [-0.39, 0.29) is 12.5 Å². The molecule has 0 bridgehead atoms. The highest BCUT2D eigenvalue weighted by Gasteiger charge is 2.12. The highest BCUT2D eigenvalue weighted by atomic mass is 79.9. The summed E-state index contributed by atoms with van der Waals surface area (Å²) in [5.41, 5.74) is 0.698. The molecular weight excluding hydrogens is 308 g/mol. The standard InChI is InChI=1S/C14H23BrN2O2/c1-3-7-17-9-12(15)8-13(17)14(19)16-6-4-5-11(2)10-18/h8-9,11,18H,3-7,10H2,1-2H3,(H,16,19). The average Bonchev–Trinajstić information content (AvgIpc) is 2.75. The zero-order valence-electron chi connectivity index (χ0n) is 11.7. The molecule has 0 fully saturated rings. The largest absolute Gasteiger partial charge is 0.396 e. The number of nitrogens with zero attached hydrogens (tertiary/aromatic N) is 1. The number of carbonyl (C=O) groups is 1. The van der Waals surface area contributed by atoms with Crippen LogP contribution in [0.25, 0.3) is 0 Å². The van der Waals surface area contributed by atoms with Crippen LogP contribution in [0.1, 0.15) is 43.6 Å². The van der Waals surface area contributed by atoms with Crippen LogP contribution in [0.3, 0.4) is 0 Å². The smallest absolute Gasteiger partial charge is 0.267 e. The SMILES string of the molecule is CCCn1cc(Br)cc1C(=O)NCCCC(C)CO. The zero-order valence-corrected chi connectivity index (χ0v) is 13.2. The summed E-state index contributed by atoms with van der Waals surface area (Å²) >= 11 is 3.40. The van der Waals surface area contributed by atoms with Crippen LogP contribution < -0.4 is 5.32 Å². The molecule has 0 radical (unpaired) electrons. The maximum Gasteiger partial charge on any atom is 0.267 e. The van der Waals surface area contributed by atoms with Gasteiger partial charge in [0.15, 0.2) is 0 Å². The average molecular weight is 331 g/mol. The van der Waals surface area contributed by atoms with Crippen molar-refractivity contribution in [3.8, 4) is 0 Å². The van der Waals surface area contributed by atoms with Crippen LogP contribution in [0.2, 0.25) is 0 Å². The van der Waals surface area contributed by atoms with Crippen LogP contribution in [0.15, 0.2) is 16.7 Å². The van der Waals surface area contributed by atoms with Gasteiger partial charge in [-0.1, -0.05) is 13.8 Å². The summed E-state index contributed by atoms with van der Waals surface area (Å²) in [5.74, 6) is 0.269. The number of aliphatic hydroxyl groups is 1. The van der Waals surface area contributed by atoms with Gasteiger partial charge in [0.1, 0.15) is 5.69 Å². The van der Waals surface area contributed by atoms with Gasteiger partial charge < -0.3 is 15.0 Å². The molecule has 1 heterocycles. The molecule has 1 atom stereocenters. The second-order valence-electron chi connectivity index (χ2n) is 4.92. The molecule has 4 nitrogen and oxygen atoms in total. The third kappa shape index (κ3) is 5.37. The minimum atomic E-state index is -0.0317. The normalized spacial score (nSPS) is 12.4. The van der Waals surface area contributed by atoms with Gasteiger partial charge in [-0.2, -0.15) is 0 Å². The summed E-state index contributed by atoms with van der Waals surface area (Å²) in [6.45, 7) is 5.80. The molecule has 1 rings (SSSR count). The Kier molecular flexibility index (Phi) is 7.16. The molecule has 2 N–H and O–H groups in total. The fraction of sp³-hybridized carbons (Fsp3) is 0.643.